The summed E-state index contributed by atoms with van der Waals surface area (Å²) in [6, 6.07) is 47.4. The van der Waals surface area contributed by atoms with Crippen LogP contribution in [0.2, 0.25) is 0 Å². The van der Waals surface area contributed by atoms with Gasteiger partial charge in [0, 0.05) is 38.9 Å². The van der Waals surface area contributed by atoms with Crippen LogP contribution in [0.1, 0.15) is 89.1 Å². The highest BCUT2D eigenvalue weighted by atomic mass is 15.1. The quantitative estimate of drug-likeness (QED) is 0.126. The molecule has 8 rings (SSSR count). The molecule has 0 spiro atoms. The Hall–Kier alpha value is -6.38. The van der Waals surface area contributed by atoms with Gasteiger partial charge in [-0.15, -0.1) is 0 Å². The molecule has 0 atom stereocenters. The molecule has 2 heteroatoms. The number of allylic oxidation sites excluding steroid dienone is 8. The second kappa shape index (κ2) is 16.8. The van der Waals surface area contributed by atoms with Gasteiger partial charge in [0.15, 0.2) is 0 Å². The van der Waals surface area contributed by atoms with Crippen LogP contribution in [-0.4, -0.2) is 4.57 Å². The van der Waals surface area contributed by atoms with Gasteiger partial charge in [0.25, 0.3) is 0 Å². The van der Waals surface area contributed by atoms with Crippen molar-refractivity contribution in [3.8, 4) is 16.8 Å². The summed E-state index contributed by atoms with van der Waals surface area (Å²) < 4.78 is 2.39. The summed E-state index contributed by atoms with van der Waals surface area (Å²) in [7, 11) is 0. The SMILES string of the molecule is C=C/C=C\C(=C(C)C)c1ccc(N(c2ccc(-c3ccc4c(c3)c3ccccc3n4-c3cccc(C)c3)cc2)c2ccc3c(c2)C(C)(C)C=C3C=C)cc1C(C)C.CC. The first-order valence-electron chi connectivity index (χ1n) is 21.1. The van der Waals surface area contributed by atoms with Gasteiger partial charge in [-0.25, -0.2) is 0 Å². The zero-order valence-electron chi connectivity index (χ0n) is 36.4. The number of aromatic nitrogens is 1. The van der Waals surface area contributed by atoms with Crippen LogP contribution in [0, 0.1) is 6.92 Å². The third-order valence-electron chi connectivity index (χ3n) is 11.5. The van der Waals surface area contributed by atoms with Crippen LogP contribution in [-0.2, 0) is 5.41 Å². The summed E-state index contributed by atoms with van der Waals surface area (Å²) in [4.78, 5) is 2.42. The molecule has 0 radical (unpaired) electrons. The van der Waals surface area contributed by atoms with Crippen molar-refractivity contribution in [2.45, 2.75) is 73.6 Å². The number of nitrogens with zero attached hydrogens (tertiary/aromatic N) is 2. The lowest BCUT2D eigenvalue weighted by molar-refractivity contribution is 0.683. The maximum atomic E-state index is 4.13. The van der Waals surface area contributed by atoms with Crippen molar-refractivity contribution in [3.05, 3.63) is 204 Å². The lowest BCUT2D eigenvalue weighted by atomic mass is 9.86. The van der Waals surface area contributed by atoms with E-state index in [1.807, 2.05) is 32.1 Å². The number of hydrogen-bond donors (Lipinski definition) is 0. The molecular formula is C57H58N2. The van der Waals surface area contributed by atoms with Crippen molar-refractivity contribution < 1.29 is 0 Å². The molecule has 0 fully saturated rings. The summed E-state index contributed by atoms with van der Waals surface area (Å²) in [6.07, 6.45) is 10.4. The van der Waals surface area contributed by atoms with Crippen LogP contribution < -0.4 is 4.90 Å². The maximum absolute atomic E-state index is 4.13. The van der Waals surface area contributed by atoms with Crippen LogP contribution in [0.5, 0.6) is 0 Å². The van der Waals surface area contributed by atoms with Crippen molar-refractivity contribution in [2.75, 3.05) is 4.90 Å². The van der Waals surface area contributed by atoms with Gasteiger partial charge in [-0.1, -0.05) is 151 Å². The Balaban J connectivity index is 0.00000260. The fourth-order valence-corrected chi connectivity index (χ4v) is 8.72. The molecule has 0 N–H and O–H groups in total. The first-order valence-corrected chi connectivity index (χ1v) is 21.1. The number of rotatable bonds is 10. The van der Waals surface area contributed by atoms with E-state index in [2.05, 4.69) is 211 Å². The van der Waals surface area contributed by atoms with E-state index in [-0.39, 0.29) is 5.41 Å². The minimum Gasteiger partial charge on any atom is -0.310 e. The van der Waals surface area contributed by atoms with Gasteiger partial charge >= 0.3 is 0 Å². The molecule has 0 amide bonds. The lowest BCUT2D eigenvalue weighted by Gasteiger charge is -2.29. The largest absolute Gasteiger partial charge is 0.310 e. The number of benzene rings is 6. The minimum absolute atomic E-state index is 0.103. The summed E-state index contributed by atoms with van der Waals surface area (Å²) in [5.74, 6) is 0.320. The predicted octanol–water partition coefficient (Wildman–Crippen LogP) is 16.8. The van der Waals surface area contributed by atoms with Crippen molar-refractivity contribution in [1.29, 1.82) is 0 Å². The molecule has 7 aromatic rings. The zero-order valence-corrected chi connectivity index (χ0v) is 36.4. The Labute approximate surface area is 352 Å². The Morgan fingerprint density at radius 3 is 2.07 bits per heavy atom. The smallest absolute Gasteiger partial charge is 0.0541 e. The Kier molecular flexibility index (Phi) is 11.6. The minimum atomic E-state index is -0.103. The van der Waals surface area contributed by atoms with Crippen LogP contribution >= 0.6 is 0 Å². The fourth-order valence-electron chi connectivity index (χ4n) is 8.72. The Morgan fingerprint density at radius 2 is 1.37 bits per heavy atom. The van der Waals surface area contributed by atoms with Gasteiger partial charge in [-0.3, -0.25) is 0 Å². The first kappa shape index (κ1) is 40.8. The predicted molar refractivity (Wildman–Crippen MR) is 260 cm³/mol. The molecule has 0 saturated carbocycles. The van der Waals surface area contributed by atoms with Crippen molar-refractivity contribution in [2.24, 2.45) is 0 Å². The van der Waals surface area contributed by atoms with Crippen molar-refractivity contribution in [1.82, 2.24) is 4.57 Å². The molecule has 2 nitrogen and oxygen atoms in total. The van der Waals surface area contributed by atoms with Crippen LogP contribution in [0.15, 0.2) is 177 Å². The van der Waals surface area contributed by atoms with E-state index in [0.29, 0.717) is 5.92 Å². The van der Waals surface area contributed by atoms with Gasteiger partial charge in [0.1, 0.15) is 0 Å². The number of anilines is 3. The second-order valence-corrected chi connectivity index (χ2v) is 16.5. The van der Waals surface area contributed by atoms with Gasteiger partial charge in [-0.05, 0) is 144 Å². The van der Waals surface area contributed by atoms with Crippen molar-refractivity contribution in [3.63, 3.8) is 0 Å². The average molecular weight is 771 g/mol. The number of hydrogen-bond acceptors (Lipinski definition) is 1. The van der Waals surface area contributed by atoms with E-state index >= 15 is 0 Å². The topological polar surface area (TPSA) is 8.17 Å². The zero-order chi connectivity index (χ0) is 42.0. The number of aryl methyl sites for hydroxylation is 1. The molecule has 1 aromatic heterocycles. The second-order valence-electron chi connectivity index (χ2n) is 16.5. The van der Waals surface area contributed by atoms with Gasteiger partial charge in [-0.2, -0.15) is 0 Å². The highest BCUT2D eigenvalue weighted by molar-refractivity contribution is 6.10. The van der Waals surface area contributed by atoms with Crippen LogP contribution in [0.3, 0.4) is 0 Å². The molecule has 1 heterocycles. The summed E-state index contributed by atoms with van der Waals surface area (Å²) in [5, 5.41) is 2.51. The molecule has 1 aliphatic rings. The molecule has 0 unspecified atom stereocenters. The molecule has 1 aliphatic carbocycles. The van der Waals surface area contributed by atoms with E-state index in [0.717, 1.165) is 17.1 Å². The molecule has 296 valence electrons. The average Bonchev–Trinajstić information content (AvgIpc) is 3.71. The third-order valence-corrected chi connectivity index (χ3v) is 11.5. The highest BCUT2D eigenvalue weighted by Crippen LogP contribution is 2.46. The van der Waals surface area contributed by atoms with E-state index < -0.39 is 0 Å². The number of fused-ring (bicyclic) bond motifs is 4. The van der Waals surface area contributed by atoms with Gasteiger partial charge in [0.05, 0.1) is 11.0 Å². The van der Waals surface area contributed by atoms with Crippen molar-refractivity contribution >= 4 is 50.0 Å². The molecular weight excluding hydrogens is 713 g/mol. The van der Waals surface area contributed by atoms with Crippen LogP contribution in [0.4, 0.5) is 17.1 Å². The standard InChI is InChI=1S/C55H52N2.C2H6/c1-10-12-18-46(36(3)4)48-29-27-44(33-50(48)37(5)6)56(45-26-28-47-39(11-2)35-55(8,9)52(47)34-45)42-24-21-40(22-25-42)41-23-30-54-51(32-41)49-19-13-14-20-53(49)57(54)43-17-15-16-38(7)31-43;1-2/h10-35,37H,1-2H2,3-9H3;1-2H3/b18-12-;. The molecule has 0 saturated heterocycles. The monoisotopic (exact) mass is 770 g/mol. The van der Waals surface area contributed by atoms with E-state index in [1.54, 1.807) is 0 Å². The highest BCUT2D eigenvalue weighted by Gasteiger charge is 2.30. The number of para-hydroxylation sites is 1. The van der Waals surface area contributed by atoms with E-state index in [9.17, 15) is 0 Å². The Morgan fingerprint density at radius 1 is 0.695 bits per heavy atom. The molecule has 0 aliphatic heterocycles. The normalized spacial score (nSPS) is 12.9. The molecule has 0 bridgehead atoms. The Bertz CT molecular complexity index is 2790. The van der Waals surface area contributed by atoms with Gasteiger partial charge < -0.3 is 9.47 Å². The summed E-state index contributed by atoms with van der Waals surface area (Å²) >= 11 is 0. The summed E-state index contributed by atoms with van der Waals surface area (Å²) in [5.41, 5.74) is 19.4. The summed E-state index contributed by atoms with van der Waals surface area (Å²) in [6.45, 7) is 27.8. The van der Waals surface area contributed by atoms with E-state index in [1.165, 1.54) is 83.2 Å². The third kappa shape index (κ3) is 7.68. The fraction of sp³-hybridized carbons (Fsp3) is 0.193. The van der Waals surface area contributed by atoms with Gasteiger partial charge in [0.2, 0.25) is 0 Å². The lowest BCUT2D eigenvalue weighted by Crippen LogP contribution is -2.15. The van der Waals surface area contributed by atoms with Crippen LogP contribution in [0.25, 0.3) is 49.8 Å². The van der Waals surface area contributed by atoms with E-state index in [4.69, 9.17) is 0 Å². The first-order chi connectivity index (χ1) is 28.5. The molecule has 59 heavy (non-hydrogen) atoms. The molecule has 6 aromatic carbocycles. The maximum Gasteiger partial charge on any atom is 0.0541 e.